The van der Waals surface area contributed by atoms with Crippen LogP contribution in [0.4, 0.5) is 0 Å². The van der Waals surface area contributed by atoms with Crippen LogP contribution >= 0.6 is 0 Å². The van der Waals surface area contributed by atoms with Crippen LogP contribution in [0.25, 0.3) is 0 Å². The van der Waals surface area contributed by atoms with Crippen LogP contribution in [-0.2, 0) is 14.3 Å². The topological polar surface area (TPSA) is 108 Å². The Morgan fingerprint density at radius 3 is 2.45 bits per heavy atom. The molecule has 3 fully saturated rings. The van der Waals surface area contributed by atoms with Gasteiger partial charge >= 0.3 is 0 Å². The first-order valence-electron chi connectivity index (χ1n) is 11.4. The molecule has 172 valence electrons. The molecule has 3 saturated heterocycles. The van der Waals surface area contributed by atoms with Crippen molar-refractivity contribution in [2.24, 2.45) is 0 Å². The summed E-state index contributed by atoms with van der Waals surface area (Å²) in [5.74, 6) is 3.95. The molecule has 0 spiro atoms. The van der Waals surface area contributed by atoms with E-state index in [9.17, 15) is 19.2 Å². The SMILES string of the molecule is O=C1CCC(N2C(=O)c3ccc(C#CCOC4CCN(C5CNC5)CC4)cc3C2=O)C(=O)N1. The van der Waals surface area contributed by atoms with Gasteiger partial charge in [-0.1, -0.05) is 11.8 Å². The standard InChI is InChI=1S/C24H26N4O5/c29-21-6-5-20(22(30)26-21)28-23(31)18-4-3-15(12-19(18)24(28)32)2-1-11-33-17-7-9-27(10-8-17)16-13-25-14-16/h3-4,12,16-17,20,25H,5-11,13-14H2,(H,26,29,30). The third-order valence-corrected chi connectivity index (χ3v) is 6.82. The van der Waals surface area contributed by atoms with Crippen LogP contribution < -0.4 is 10.6 Å². The van der Waals surface area contributed by atoms with Crippen molar-refractivity contribution in [1.82, 2.24) is 20.4 Å². The summed E-state index contributed by atoms with van der Waals surface area (Å²) < 4.78 is 5.91. The van der Waals surface area contributed by atoms with Crippen molar-refractivity contribution in [1.29, 1.82) is 0 Å². The number of fused-ring (bicyclic) bond motifs is 1. The van der Waals surface area contributed by atoms with Gasteiger partial charge in [0.15, 0.2) is 0 Å². The summed E-state index contributed by atoms with van der Waals surface area (Å²) >= 11 is 0. The second-order valence-electron chi connectivity index (χ2n) is 8.87. The molecule has 0 aromatic heterocycles. The van der Waals surface area contributed by atoms with Crippen LogP contribution in [0.15, 0.2) is 18.2 Å². The monoisotopic (exact) mass is 450 g/mol. The zero-order valence-electron chi connectivity index (χ0n) is 18.3. The van der Waals surface area contributed by atoms with Crippen molar-refractivity contribution in [3.63, 3.8) is 0 Å². The second-order valence-corrected chi connectivity index (χ2v) is 8.87. The van der Waals surface area contributed by atoms with E-state index in [0.717, 1.165) is 43.9 Å². The van der Waals surface area contributed by atoms with Crippen molar-refractivity contribution < 1.29 is 23.9 Å². The Balaban J connectivity index is 1.18. The second kappa shape index (κ2) is 9.06. The van der Waals surface area contributed by atoms with Gasteiger partial charge in [0, 0.05) is 44.2 Å². The summed E-state index contributed by atoms with van der Waals surface area (Å²) in [5.41, 5.74) is 1.09. The van der Waals surface area contributed by atoms with Crippen molar-refractivity contribution >= 4 is 23.6 Å². The maximum Gasteiger partial charge on any atom is 0.262 e. The Morgan fingerprint density at radius 2 is 1.76 bits per heavy atom. The van der Waals surface area contributed by atoms with Gasteiger partial charge in [-0.25, -0.2) is 0 Å². The smallest absolute Gasteiger partial charge is 0.262 e. The number of benzene rings is 1. The average molecular weight is 450 g/mol. The summed E-state index contributed by atoms with van der Waals surface area (Å²) in [6.07, 6.45) is 2.45. The first-order valence-corrected chi connectivity index (χ1v) is 11.4. The van der Waals surface area contributed by atoms with Crippen LogP contribution in [-0.4, -0.2) is 84.4 Å². The highest BCUT2D eigenvalue weighted by molar-refractivity contribution is 6.23. The third-order valence-electron chi connectivity index (χ3n) is 6.82. The first-order chi connectivity index (χ1) is 16.0. The largest absolute Gasteiger partial charge is 0.365 e. The Hall–Kier alpha value is -3.06. The molecule has 0 aliphatic carbocycles. The molecule has 0 bridgehead atoms. The van der Waals surface area contributed by atoms with Gasteiger partial charge in [-0.15, -0.1) is 0 Å². The molecule has 4 aliphatic rings. The minimum absolute atomic E-state index is 0.0946. The number of amides is 4. The molecular weight excluding hydrogens is 424 g/mol. The number of nitrogens with zero attached hydrogens (tertiary/aromatic N) is 2. The zero-order chi connectivity index (χ0) is 22.9. The lowest BCUT2D eigenvalue weighted by atomic mass is 10.0. The predicted molar refractivity (Wildman–Crippen MR) is 117 cm³/mol. The molecule has 9 nitrogen and oxygen atoms in total. The predicted octanol–water partition coefficient (Wildman–Crippen LogP) is -0.108. The van der Waals surface area contributed by atoms with E-state index in [1.54, 1.807) is 18.2 Å². The molecular formula is C24H26N4O5. The van der Waals surface area contributed by atoms with Crippen molar-refractivity contribution in [3.05, 3.63) is 34.9 Å². The number of carbonyl (C=O) groups excluding carboxylic acids is 4. The van der Waals surface area contributed by atoms with E-state index in [0.29, 0.717) is 18.2 Å². The lowest BCUT2D eigenvalue weighted by Gasteiger charge is -2.41. The number of imide groups is 2. The lowest BCUT2D eigenvalue weighted by molar-refractivity contribution is -0.136. The maximum absolute atomic E-state index is 12.9. The lowest BCUT2D eigenvalue weighted by Crippen LogP contribution is -2.59. The fraction of sp³-hybridized carbons (Fsp3) is 0.500. The number of ether oxygens (including phenoxy) is 1. The molecule has 0 saturated carbocycles. The summed E-state index contributed by atoms with van der Waals surface area (Å²) in [4.78, 5) is 52.6. The van der Waals surface area contributed by atoms with Gasteiger partial charge < -0.3 is 10.1 Å². The highest BCUT2D eigenvalue weighted by Crippen LogP contribution is 2.28. The van der Waals surface area contributed by atoms with Crippen LogP contribution in [0.5, 0.6) is 0 Å². The summed E-state index contributed by atoms with van der Waals surface area (Å²) in [6.45, 7) is 4.57. The van der Waals surface area contributed by atoms with Crippen molar-refractivity contribution in [3.8, 4) is 11.8 Å². The van der Waals surface area contributed by atoms with E-state index in [4.69, 9.17) is 4.74 Å². The quantitative estimate of drug-likeness (QED) is 0.487. The summed E-state index contributed by atoms with van der Waals surface area (Å²) in [6, 6.07) is 4.55. The normalized spacial score (nSPS) is 24.2. The highest BCUT2D eigenvalue weighted by atomic mass is 16.5. The summed E-state index contributed by atoms with van der Waals surface area (Å²) in [5, 5.41) is 5.50. The number of piperidine rings is 2. The number of carbonyl (C=O) groups is 4. The number of rotatable bonds is 4. The average Bonchev–Trinajstić information content (AvgIpc) is 3.01. The molecule has 0 radical (unpaired) electrons. The van der Waals surface area contributed by atoms with Gasteiger partial charge in [0.2, 0.25) is 11.8 Å². The number of nitrogens with one attached hydrogen (secondary N) is 2. The van der Waals surface area contributed by atoms with E-state index in [2.05, 4.69) is 27.4 Å². The molecule has 1 aromatic carbocycles. The molecule has 5 rings (SSSR count). The minimum Gasteiger partial charge on any atom is -0.365 e. The molecule has 4 amide bonds. The Labute approximate surface area is 191 Å². The van der Waals surface area contributed by atoms with Crippen LogP contribution in [0.1, 0.15) is 52.0 Å². The molecule has 2 N–H and O–H groups in total. The minimum atomic E-state index is -0.968. The van der Waals surface area contributed by atoms with Gasteiger partial charge in [-0.3, -0.25) is 34.3 Å². The van der Waals surface area contributed by atoms with E-state index in [-0.39, 0.29) is 30.1 Å². The van der Waals surface area contributed by atoms with E-state index in [1.807, 2.05) is 0 Å². The fourth-order valence-electron chi connectivity index (χ4n) is 4.79. The molecule has 4 aliphatic heterocycles. The van der Waals surface area contributed by atoms with Gasteiger partial charge in [0.05, 0.1) is 17.2 Å². The van der Waals surface area contributed by atoms with Crippen molar-refractivity contribution in [2.75, 3.05) is 32.8 Å². The molecule has 4 heterocycles. The maximum atomic E-state index is 12.9. The Kier molecular flexibility index (Phi) is 5.98. The number of likely N-dealkylation sites (tertiary alicyclic amines) is 1. The van der Waals surface area contributed by atoms with Crippen molar-refractivity contribution in [2.45, 2.75) is 43.9 Å². The third kappa shape index (κ3) is 4.29. The van der Waals surface area contributed by atoms with E-state index < -0.39 is 29.7 Å². The zero-order valence-corrected chi connectivity index (χ0v) is 18.3. The van der Waals surface area contributed by atoms with Crippen LogP contribution in [0.3, 0.4) is 0 Å². The van der Waals surface area contributed by atoms with Gasteiger partial charge in [0.25, 0.3) is 11.8 Å². The van der Waals surface area contributed by atoms with Crippen LogP contribution in [0.2, 0.25) is 0 Å². The van der Waals surface area contributed by atoms with E-state index >= 15 is 0 Å². The molecule has 1 atom stereocenters. The molecule has 9 heteroatoms. The summed E-state index contributed by atoms with van der Waals surface area (Å²) in [7, 11) is 0. The van der Waals surface area contributed by atoms with Gasteiger partial charge in [-0.05, 0) is 37.5 Å². The molecule has 1 aromatic rings. The number of hydrogen-bond donors (Lipinski definition) is 2. The van der Waals surface area contributed by atoms with Crippen LogP contribution in [0, 0.1) is 11.8 Å². The molecule has 33 heavy (non-hydrogen) atoms. The Morgan fingerprint density at radius 1 is 1.00 bits per heavy atom. The van der Waals surface area contributed by atoms with Gasteiger partial charge in [-0.2, -0.15) is 0 Å². The highest BCUT2D eigenvalue weighted by Gasteiger charge is 2.44. The molecule has 1 unspecified atom stereocenters. The van der Waals surface area contributed by atoms with E-state index in [1.165, 1.54) is 0 Å². The first kappa shape index (κ1) is 21.8. The van der Waals surface area contributed by atoms with Gasteiger partial charge in [0.1, 0.15) is 12.6 Å². The fourth-order valence-corrected chi connectivity index (χ4v) is 4.79. The number of hydrogen-bond acceptors (Lipinski definition) is 7. The Bertz CT molecular complexity index is 1060.